The van der Waals surface area contributed by atoms with Crippen molar-refractivity contribution in [2.45, 2.75) is 6.54 Å². The number of nitrogens with one attached hydrogen (secondary N) is 1. The molecule has 0 atom stereocenters. The van der Waals surface area contributed by atoms with Crippen LogP contribution in [0.25, 0.3) is 10.9 Å². The number of halogens is 1. The molecule has 0 bridgehead atoms. The molecule has 3 aromatic rings. The Bertz CT molecular complexity index is 723. The SMILES string of the molecule is Cn1cnc(CNc2nc(Cl)nc3ccccc23)n1. The number of aryl methyl sites for hydroxylation is 1. The maximum Gasteiger partial charge on any atom is 0.224 e. The fourth-order valence-electron chi connectivity index (χ4n) is 1.81. The molecule has 2 aromatic heterocycles. The summed E-state index contributed by atoms with van der Waals surface area (Å²) in [7, 11) is 1.83. The van der Waals surface area contributed by atoms with E-state index in [9.17, 15) is 0 Å². The number of rotatable bonds is 3. The summed E-state index contributed by atoms with van der Waals surface area (Å²) in [5.41, 5.74) is 0.805. The molecule has 6 nitrogen and oxygen atoms in total. The predicted molar refractivity (Wildman–Crippen MR) is 72.9 cm³/mol. The molecule has 7 heteroatoms. The van der Waals surface area contributed by atoms with Gasteiger partial charge in [0.1, 0.15) is 12.1 Å². The lowest BCUT2D eigenvalue weighted by atomic mass is 10.2. The molecule has 0 saturated heterocycles. The van der Waals surface area contributed by atoms with E-state index in [0.717, 1.165) is 10.9 Å². The number of benzene rings is 1. The summed E-state index contributed by atoms with van der Waals surface area (Å²) in [6.07, 6.45) is 1.65. The van der Waals surface area contributed by atoms with E-state index < -0.39 is 0 Å². The van der Waals surface area contributed by atoms with Crippen LogP contribution in [0.2, 0.25) is 5.28 Å². The summed E-state index contributed by atoms with van der Waals surface area (Å²) in [6, 6.07) is 7.69. The number of para-hydroxylation sites is 1. The van der Waals surface area contributed by atoms with Gasteiger partial charge < -0.3 is 5.32 Å². The molecule has 96 valence electrons. The van der Waals surface area contributed by atoms with Crippen molar-refractivity contribution in [3.05, 3.63) is 41.7 Å². The van der Waals surface area contributed by atoms with E-state index in [1.165, 1.54) is 0 Å². The van der Waals surface area contributed by atoms with E-state index in [2.05, 4.69) is 25.4 Å². The molecule has 19 heavy (non-hydrogen) atoms. The Morgan fingerprint density at radius 3 is 2.89 bits per heavy atom. The number of fused-ring (bicyclic) bond motifs is 1. The van der Waals surface area contributed by atoms with Gasteiger partial charge >= 0.3 is 0 Å². The number of aromatic nitrogens is 5. The molecule has 0 radical (unpaired) electrons. The fraction of sp³-hybridized carbons (Fsp3) is 0.167. The van der Waals surface area contributed by atoms with Gasteiger partial charge in [-0.25, -0.2) is 15.0 Å². The zero-order valence-corrected chi connectivity index (χ0v) is 11.0. The van der Waals surface area contributed by atoms with Crippen LogP contribution in [0, 0.1) is 0 Å². The topological polar surface area (TPSA) is 68.5 Å². The zero-order chi connectivity index (χ0) is 13.2. The van der Waals surface area contributed by atoms with Crippen LogP contribution in [-0.2, 0) is 13.6 Å². The Morgan fingerprint density at radius 2 is 2.11 bits per heavy atom. The van der Waals surface area contributed by atoms with E-state index in [1.807, 2.05) is 31.3 Å². The summed E-state index contributed by atoms with van der Waals surface area (Å²) >= 11 is 5.91. The summed E-state index contributed by atoms with van der Waals surface area (Å²) in [5.74, 6) is 1.38. The first-order valence-electron chi connectivity index (χ1n) is 5.73. The highest BCUT2D eigenvalue weighted by molar-refractivity contribution is 6.28. The van der Waals surface area contributed by atoms with Gasteiger partial charge in [-0.05, 0) is 23.7 Å². The first-order valence-corrected chi connectivity index (χ1v) is 6.11. The molecule has 0 spiro atoms. The standard InChI is InChI=1S/C12H11ClN6/c1-19-7-15-10(18-19)6-14-11-8-4-2-3-5-9(8)16-12(13)17-11/h2-5,7H,6H2,1H3,(H,14,16,17). The largest absolute Gasteiger partial charge is 0.362 e. The van der Waals surface area contributed by atoms with Crippen LogP contribution in [0.5, 0.6) is 0 Å². The minimum Gasteiger partial charge on any atom is -0.362 e. The van der Waals surface area contributed by atoms with Gasteiger partial charge in [-0.2, -0.15) is 5.10 Å². The number of anilines is 1. The molecule has 1 N–H and O–H groups in total. The van der Waals surface area contributed by atoms with Gasteiger partial charge in [-0.3, -0.25) is 4.68 Å². The van der Waals surface area contributed by atoms with Gasteiger partial charge in [0.2, 0.25) is 5.28 Å². The highest BCUT2D eigenvalue weighted by atomic mass is 35.5. The van der Waals surface area contributed by atoms with Crippen molar-refractivity contribution in [3.8, 4) is 0 Å². The molecule has 0 unspecified atom stereocenters. The molecule has 0 amide bonds. The summed E-state index contributed by atoms with van der Waals surface area (Å²) < 4.78 is 1.65. The van der Waals surface area contributed by atoms with Gasteiger partial charge in [0.05, 0.1) is 12.1 Å². The van der Waals surface area contributed by atoms with Crippen LogP contribution < -0.4 is 5.32 Å². The van der Waals surface area contributed by atoms with Crippen molar-refractivity contribution in [1.82, 2.24) is 24.7 Å². The van der Waals surface area contributed by atoms with Gasteiger partial charge in [0.25, 0.3) is 0 Å². The van der Waals surface area contributed by atoms with E-state index in [0.29, 0.717) is 18.2 Å². The third-order valence-corrected chi connectivity index (χ3v) is 2.81. The smallest absolute Gasteiger partial charge is 0.224 e. The van der Waals surface area contributed by atoms with Gasteiger partial charge in [0, 0.05) is 12.4 Å². The van der Waals surface area contributed by atoms with Crippen LogP contribution in [0.4, 0.5) is 5.82 Å². The van der Waals surface area contributed by atoms with Gasteiger partial charge in [-0.15, -0.1) is 0 Å². The van der Waals surface area contributed by atoms with Crippen LogP contribution >= 0.6 is 11.6 Å². The Morgan fingerprint density at radius 1 is 1.26 bits per heavy atom. The molecule has 0 fully saturated rings. The maximum atomic E-state index is 5.91. The first-order chi connectivity index (χ1) is 9.22. The third-order valence-electron chi connectivity index (χ3n) is 2.64. The van der Waals surface area contributed by atoms with Crippen molar-refractivity contribution in [2.75, 3.05) is 5.32 Å². The quantitative estimate of drug-likeness (QED) is 0.740. The first kappa shape index (κ1) is 11.9. The number of nitrogens with zero attached hydrogens (tertiary/aromatic N) is 5. The average molecular weight is 275 g/mol. The Labute approximate surface area is 114 Å². The van der Waals surface area contributed by atoms with E-state index in [1.54, 1.807) is 11.0 Å². The molecular formula is C12H11ClN6. The van der Waals surface area contributed by atoms with Crippen molar-refractivity contribution in [1.29, 1.82) is 0 Å². The monoisotopic (exact) mass is 274 g/mol. The molecule has 1 aromatic carbocycles. The Hall–Kier alpha value is -2.21. The van der Waals surface area contributed by atoms with E-state index >= 15 is 0 Å². The van der Waals surface area contributed by atoms with Crippen LogP contribution in [0.1, 0.15) is 5.82 Å². The highest BCUT2D eigenvalue weighted by Crippen LogP contribution is 2.21. The average Bonchev–Trinajstić information content (AvgIpc) is 2.81. The van der Waals surface area contributed by atoms with Crippen LogP contribution in [-0.4, -0.2) is 24.7 Å². The Kier molecular flexibility index (Phi) is 3.00. The third kappa shape index (κ3) is 2.48. The van der Waals surface area contributed by atoms with Crippen LogP contribution in [0.15, 0.2) is 30.6 Å². The second-order valence-corrected chi connectivity index (χ2v) is 4.38. The molecule has 0 saturated carbocycles. The minimum absolute atomic E-state index is 0.218. The summed E-state index contributed by atoms with van der Waals surface area (Å²) in [4.78, 5) is 12.5. The molecular weight excluding hydrogens is 264 g/mol. The lowest BCUT2D eigenvalue weighted by molar-refractivity contribution is 0.747. The molecule has 2 heterocycles. The number of hydrogen-bond acceptors (Lipinski definition) is 5. The van der Waals surface area contributed by atoms with Crippen LogP contribution in [0.3, 0.4) is 0 Å². The predicted octanol–water partition coefficient (Wildman–Crippen LogP) is 2.02. The lowest BCUT2D eigenvalue weighted by Gasteiger charge is -2.07. The fourth-order valence-corrected chi connectivity index (χ4v) is 1.99. The molecule has 0 aliphatic carbocycles. The van der Waals surface area contributed by atoms with Gasteiger partial charge in [-0.1, -0.05) is 12.1 Å². The minimum atomic E-state index is 0.218. The summed E-state index contributed by atoms with van der Waals surface area (Å²) in [6.45, 7) is 0.484. The van der Waals surface area contributed by atoms with Crippen molar-refractivity contribution < 1.29 is 0 Å². The normalized spacial score (nSPS) is 10.8. The van der Waals surface area contributed by atoms with E-state index in [-0.39, 0.29) is 5.28 Å². The van der Waals surface area contributed by atoms with Crippen molar-refractivity contribution in [2.24, 2.45) is 7.05 Å². The second kappa shape index (κ2) is 4.81. The van der Waals surface area contributed by atoms with Crippen molar-refractivity contribution in [3.63, 3.8) is 0 Å². The molecule has 3 rings (SSSR count). The maximum absolute atomic E-state index is 5.91. The highest BCUT2D eigenvalue weighted by Gasteiger charge is 2.07. The second-order valence-electron chi connectivity index (χ2n) is 4.05. The van der Waals surface area contributed by atoms with E-state index in [4.69, 9.17) is 11.6 Å². The summed E-state index contributed by atoms with van der Waals surface area (Å²) in [5, 5.41) is 8.52. The lowest BCUT2D eigenvalue weighted by Crippen LogP contribution is -2.05. The van der Waals surface area contributed by atoms with Gasteiger partial charge in [0.15, 0.2) is 5.82 Å². The molecule has 0 aliphatic heterocycles. The zero-order valence-electron chi connectivity index (χ0n) is 10.2. The van der Waals surface area contributed by atoms with Crippen molar-refractivity contribution >= 4 is 28.3 Å². The number of hydrogen-bond donors (Lipinski definition) is 1. The Balaban J connectivity index is 1.91. The molecule has 0 aliphatic rings.